The van der Waals surface area contributed by atoms with Crippen molar-refractivity contribution in [3.63, 3.8) is 0 Å². The maximum atomic E-state index is 11.3. The highest BCUT2D eigenvalue weighted by Gasteiger charge is 2.10. The predicted molar refractivity (Wildman–Crippen MR) is 49.8 cm³/mol. The number of benzene rings is 1. The van der Waals surface area contributed by atoms with Crippen LogP contribution in [-0.4, -0.2) is 17.4 Å². The second-order valence-corrected chi connectivity index (χ2v) is 2.75. The Morgan fingerprint density at radius 1 is 1.36 bits per heavy atom. The normalized spacial score (nSPS) is 10.0. The first-order chi connectivity index (χ1) is 6.83. The molecule has 0 amide bonds. The molecule has 1 heterocycles. The molecule has 4 heteroatoms. The molecule has 0 aliphatic carbocycles. The Morgan fingerprint density at radius 3 is 3.00 bits per heavy atom. The molecule has 0 atom stereocenters. The van der Waals surface area contributed by atoms with Crippen molar-refractivity contribution >= 4 is 23.3 Å². The number of carbonyl (C=O) groups excluding carboxylic acids is 2. The summed E-state index contributed by atoms with van der Waals surface area (Å²) in [6.07, 6.45) is 1.72. The van der Waals surface area contributed by atoms with Crippen LogP contribution in [0.3, 0.4) is 0 Å². The molecule has 0 fully saturated rings. The molecule has 2 rings (SSSR count). The van der Waals surface area contributed by atoms with Gasteiger partial charge in [0, 0.05) is 17.1 Å². The number of rotatable bonds is 2. The van der Waals surface area contributed by atoms with Crippen LogP contribution >= 0.6 is 0 Å². The molecule has 0 aliphatic rings. The number of aromatic nitrogens is 1. The molecule has 14 heavy (non-hydrogen) atoms. The van der Waals surface area contributed by atoms with Crippen molar-refractivity contribution in [2.24, 2.45) is 0 Å². The Hall–Kier alpha value is -2.10. The van der Waals surface area contributed by atoms with E-state index in [0.29, 0.717) is 5.56 Å². The standard InChI is InChI=1S/C10H7NO3/c12-6-14-10(13)8-2-1-3-9-7(8)4-5-11-9/h1-6,11H. The topological polar surface area (TPSA) is 59.2 Å². The van der Waals surface area contributed by atoms with Gasteiger partial charge in [-0.05, 0) is 18.2 Å². The van der Waals surface area contributed by atoms with E-state index in [0.717, 1.165) is 10.9 Å². The predicted octanol–water partition coefficient (Wildman–Crippen LogP) is 1.48. The molecule has 0 aliphatic heterocycles. The maximum Gasteiger partial charge on any atom is 0.346 e. The number of nitrogens with one attached hydrogen (secondary N) is 1. The van der Waals surface area contributed by atoms with Crippen LogP contribution in [0.5, 0.6) is 0 Å². The first-order valence-electron chi connectivity index (χ1n) is 4.03. The Morgan fingerprint density at radius 2 is 2.21 bits per heavy atom. The van der Waals surface area contributed by atoms with Crippen LogP contribution in [0.2, 0.25) is 0 Å². The van der Waals surface area contributed by atoms with Gasteiger partial charge in [-0.2, -0.15) is 0 Å². The van der Waals surface area contributed by atoms with Gasteiger partial charge in [-0.1, -0.05) is 6.07 Å². The molecular formula is C10H7NO3. The highest BCUT2D eigenvalue weighted by atomic mass is 16.6. The Kier molecular flexibility index (Phi) is 2.02. The van der Waals surface area contributed by atoms with Crippen LogP contribution in [0.1, 0.15) is 10.4 Å². The lowest BCUT2D eigenvalue weighted by Crippen LogP contribution is -2.03. The highest BCUT2D eigenvalue weighted by molar-refractivity contribution is 6.05. The summed E-state index contributed by atoms with van der Waals surface area (Å²) < 4.78 is 4.27. The van der Waals surface area contributed by atoms with E-state index in [1.165, 1.54) is 0 Å². The lowest BCUT2D eigenvalue weighted by atomic mass is 10.1. The second-order valence-electron chi connectivity index (χ2n) is 2.75. The van der Waals surface area contributed by atoms with Crippen molar-refractivity contribution in [2.45, 2.75) is 0 Å². The quantitative estimate of drug-likeness (QED) is 0.442. The van der Waals surface area contributed by atoms with E-state index in [9.17, 15) is 9.59 Å². The number of hydrogen-bond acceptors (Lipinski definition) is 3. The summed E-state index contributed by atoms with van der Waals surface area (Å²) in [5.41, 5.74) is 1.22. The van der Waals surface area contributed by atoms with Crippen molar-refractivity contribution in [1.29, 1.82) is 0 Å². The zero-order chi connectivity index (χ0) is 9.97. The largest absolute Gasteiger partial charge is 0.392 e. The third kappa shape index (κ3) is 1.26. The van der Waals surface area contributed by atoms with Gasteiger partial charge >= 0.3 is 12.4 Å². The lowest BCUT2D eigenvalue weighted by Gasteiger charge is -1.98. The first kappa shape index (κ1) is 8.50. The van der Waals surface area contributed by atoms with Gasteiger partial charge in [-0.15, -0.1) is 0 Å². The number of esters is 1. The Balaban J connectivity index is 2.55. The van der Waals surface area contributed by atoms with Gasteiger partial charge in [0.2, 0.25) is 0 Å². The monoisotopic (exact) mass is 189 g/mol. The van der Waals surface area contributed by atoms with E-state index < -0.39 is 5.97 Å². The van der Waals surface area contributed by atoms with E-state index >= 15 is 0 Å². The molecule has 0 saturated carbocycles. The summed E-state index contributed by atoms with van der Waals surface area (Å²) in [5, 5.41) is 0.749. The highest BCUT2D eigenvalue weighted by Crippen LogP contribution is 2.17. The fourth-order valence-electron chi connectivity index (χ4n) is 1.37. The van der Waals surface area contributed by atoms with Crippen molar-refractivity contribution in [3.05, 3.63) is 36.0 Å². The van der Waals surface area contributed by atoms with Crippen LogP contribution in [0.25, 0.3) is 10.9 Å². The van der Waals surface area contributed by atoms with Gasteiger partial charge in [0.05, 0.1) is 5.56 Å². The van der Waals surface area contributed by atoms with Crippen molar-refractivity contribution in [3.8, 4) is 0 Å². The smallest absolute Gasteiger partial charge is 0.346 e. The molecule has 1 N–H and O–H groups in total. The molecule has 70 valence electrons. The van der Waals surface area contributed by atoms with Gasteiger partial charge in [0.15, 0.2) is 0 Å². The van der Waals surface area contributed by atoms with Crippen molar-refractivity contribution < 1.29 is 14.3 Å². The average molecular weight is 189 g/mol. The molecule has 0 saturated heterocycles. The SMILES string of the molecule is O=COC(=O)c1cccc2[nH]ccc12. The van der Waals surface area contributed by atoms with Crippen LogP contribution in [0.15, 0.2) is 30.5 Å². The maximum absolute atomic E-state index is 11.3. The Labute approximate surface area is 79.5 Å². The summed E-state index contributed by atoms with van der Waals surface area (Å²) >= 11 is 0. The number of carbonyl (C=O) groups is 2. The van der Waals surface area contributed by atoms with Crippen molar-refractivity contribution in [2.75, 3.05) is 0 Å². The molecule has 0 unspecified atom stereocenters. The lowest BCUT2D eigenvalue weighted by molar-refractivity contribution is -0.123. The van der Waals surface area contributed by atoms with Crippen molar-refractivity contribution in [1.82, 2.24) is 4.98 Å². The molecule has 1 aromatic heterocycles. The Bertz CT molecular complexity index is 487. The third-order valence-electron chi connectivity index (χ3n) is 1.97. The van der Waals surface area contributed by atoms with Gasteiger partial charge < -0.3 is 9.72 Å². The summed E-state index contributed by atoms with van der Waals surface area (Å²) in [5.74, 6) is -0.634. The second kappa shape index (κ2) is 3.33. The van der Waals surface area contributed by atoms with Gasteiger partial charge in [0.1, 0.15) is 0 Å². The van der Waals surface area contributed by atoms with Gasteiger partial charge in [-0.25, -0.2) is 4.79 Å². The summed E-state index contributed by atoms with van der Waals surface area (Å²) in [6.45, 7) is 0.133. The minimum Gasteiger partial charge on any atom is -0.392 e. The number of H-pyrrole nitrogens is 1. The summed E-state index contributed by atoms with van der Waals surface area (Å²) in [4.78, 5) is 24.3. The van der Waals surface area contributed by atoms with Crippen LogP contribution in [-0.2, 0) is 9.53 Å². The molecule has 0 radical (unpaired) electrons. The molecule has 0 bridgehead atoms. The number of ether oxygens (including phenoxy) is 1. The molecular weight excluding hydrogens is 182 g/mol. The third-order valence-corrected chi connectivity index (χ3v) is 1.97. The fourth-order valence-corrected chi connectivity index (χ4v) is 1.37. The van der Waals surface area contributed by atoms with Gasteiger partial charge in [0.25, 0.3) is 0 Å². The minimum atomic E-state index is -0.634. The van der Waals surface area contributed by atoms with Crippen LogP contribution in [0.4, 0.5) is 0 Å². The average Bonchev–Trinajstić information content (AvgIpc) is 2.65. The first-order valence-corrected chi connectivity index (χ1v) is 4.03. The summed E-state index contributed by atoms with van der Waals surface area (Å²) in [6, 6.07) is 6.94. The zero-order valence-electron chi connectivity index (χ0n) is 7.19. The fraction of sp³-hybridized carbons (Fsp3) is 0. The molecule has 0 spiro atoms. The van der Waals surface area contributed by atoms with E-state index in [4.69, 9.17) is 0 Å². The van der Waals surface area contributed by atoms with Crippen LogP contribution in [0, 0.1) is 0 Å². The minimum absolute atomic E-state index is 0.133. The van der Waals surface area contributed by atoms with E-state index in [2.05, 4.69) is 9.72 Å². The van der Waals surface area contributed by atoms with E-state index in [1.807, 2.05) is 6.07 Å². The van der Waals surface area contributed by atoms with E-state index in [1.54, 1.807) is 24.4 Å². The number of fused-ring (bicyclic) bond motifs is 1. The molecule has 4 nitrogen and oxygen atoms in total. The number of aromatic amines is 1. The molecule has 1 aromatic carbocycles. The number of hydrogen-bond donors (Lipinski definition) is 1. The van der Waals surface area contributed by atoms with Crippen LogP contribution < -0.4 is 0 Å². The zero-order valence-corrected chi connectivity index (χ0v) is 7.19. The van der Waals surface area contributed by atoms with E-state index in [-0.39, 0.29) is 6.47 Å². The molecule has 2 aromatic rings. The van der Waals surface area contributed by atoms with Gasteiger partial charge in [-0.3, -0.25) is 4.79 Å². The summed E-state index contributed by atoms with van der Waals surface area (Å²) in [7, 11) is 0.